The monoisotopic (exact) mass is 348 g/mol. The second kappa shape index (κ2) is 6.40. The number of H-pyrrole nitrogens is 1. The van der Waals surface area contributed by atoms with Crippen molar-refractivity contribution in [2.75, 3.05) is 13.1 Å². The summed E-state index contributed by atoms with van der Waals surface area (Å²) in [6.07, 6.45) is 8.51. The Morgan fingerprint density at radius 3 is 2.96 bits per heavy atom. The number of fused-ring (bicyclic) bond motifs is 1. The quantitative estimate of drug-likeness (QED) is 0.766. The molecule has 2 aromatic heterocycles. The molecule has 1 saturated carbocycles. The average Bonchev–Trinajstić information content (AvgIpc) is 3.40. The van der Waals surface area contributed by atoms with Crippen LogP contribution in [0.25, 0.3) is 0 Å². The fourth-order valence-electron chi connectivity index (χ4n) is 4.88. The van der Waals surface area contributed by atoms with Crippen LogP contribution in [0.15, 0.2) is 53.3 Å². The van der Waals surface area contributed by atoms with Crippen LogP contribution in [0.5, 0.6) is 0 Å². The molecule has 2 aliphatic rings. The Morgan fingerprint density at radius 1 is 1.19 bits per heavy atom. The van der Waals surface area contributed by atoms with Gasteiger partial charge in [-0.15, -0.1) is 0 Å². The zero-order valence-electron chi connectivity index (χ0n) is 14.9. The maximum Gasteiger partial charge on any atom is 0.234 e. The summed E-state index contributed by atoms with van der Waals surface area (Å²) in [5.74, 6) is 2.30. The summed E-state index contributed by atoms with van der Waals surface area (Å²) in [4.78, 5) is 10.5. The van der Waals surface area contributed by atoms with Gasteiger partial charge in [0, 0.05) is 38.4 Å². The molecular weight excluding hydrogens is 324 g/mol. The van der Waals surface area contributed by atoms with Gasteiger partial charge in [-0.2, -0.15) is 4.98 Å². The minimum atomic E-state index is 0.0538. The molecule has 0 unspecified atom stereocenters. The molecule has 2 atom stereocenters. The third-order valence-corrected chi connectivity index (χ3v) is 6.11. The molecule has 0 spiro atoms. The topological polar surface area (TPSA) is 58.0 Å². The predicted octanol–water partition coefficient (Wildman–Crippen LogP) is 3.54. The number of nitrogens with one attached hydrogen (secondary N) is 1. The summed E-state index contributed by atoms with van der Waals surface area (Å²) in [6.45, 7) is 3.14. The summed E-state index contributed by atoms with van der Waals surface area (Å²) in [7, 11) is 0. The Morgan fingerprint density at radius 2 is 2.12 bits per heavy atom. The van der Waals surface area contributed by atoms with Crippen molar-refractivity contribution < 1.29 is 4.52 Å². The van der Waals surface area contributed by atoms with E-state index in [2.05, 4.69) is 51.6 Å². The Kier molecular flexibility index (Phi) is 3.89. The number of hydrogen-bond acceptors (Lipinski definition) is 4. The molecule has 1 N–H and O–H groups in total. The van der Waals surface area contributed by atoms with Gasteiger partial charge in [-0.05, 0) is 36.0 Å². The van der Waals surface area contributed by atoms with Gasteiger partial charge >= 0.3 is 0 Å². The SMILES string of the molecule is c1ccc(Cc2noc([C@@]34CCC[C@@H]3CN(Cc3cc[nH]c3)C4)n2)cc1. The van der Waals surface area contributed by atoms with Gasteiger partial charge in [-0.3, -0.25) is 4.90 Å². The van der Waals surface area contributed by atoms with Crippen molar-refractivity contribution in [1.82, 2.24) is 20.0 Å². The van der Waals surface area contributed by atoms with Crippen LogP contribution in [-0.4, -0.2) is 33.1 Å². The van der Waals surface area contributed by atoms with E-state index in [1.165, 1.54) is 24.0 Å². The number of rotatable bonds is 5. The summed E-state index contributed by atoms with van der Waals surface area (Å²) in [5, 5.41) is 4.30. The van der Waals surface area contributed by atoms with Crippen molar-refractivity contribution in [3.63, 3.8) is 0 Å². The molecule has 0 amide bonds. The van der Waals surface area contributed by atoms with Gasteiger partial charge in [0.25, 0.3) is 0 Å². The highest BCUT2D eigenvalue weighted by molar-refractivity contribution is 5.21. The molecule has 134 valence electrons. The van der Waals surface area contributed by atoms with Crippen molar-refractivity contribution in [3.05, 3.63) is 71.6 Å². The van der Waals surface area contributed by atoms with E-state index < -0.39 is 0 Å². The molecule has 1 saturated heterocycles. The Bertz CT molecular complexity index is 857. The van der Waals surface area contributed by atoms with Crippen LogP contribution in [0.4, 0.5) is 0 Å². The molecule has 1 aliphatic carbocycles. The molecule has 5 heteroatoms. The van der Waals surface area contributed by atoms with Gasteiger partial charge in [0.2, 0.25) is 5.89 Å². The number of likely N-dealkylation sites (tertiary alicyclic amines) is 1. The molecule has 2 fully saturated rings. The molecular formula is C21H24N4O. The molecule has 5 nitrogen and oxygen atoms in total. The van der Waals surface area contributed by atoms with E-state index in [-0.39, 0.29) is 5.41 Å². The summed E-state index contributed by atoms with van der Waals surface area (Å²) in [5.41, 5.74) is 2.62. The summed E-state index contributed by atoms with van der Waals surface area (Å²) < 4.78 is 5.82. The number of benzene rings is 1. The van der Waals surface area contributed by atoms with Crippen LogP contribution in [-0.2, 0) is 18.4 Å². The Labute approximate surface area is 153 Å². The van der Waals surface area contributed by atoms with E-state index >= 15 is 0 Å². The number of hydrogen-bond donors (Lipinski definition) is 1. The maximum absolute atomic E-state index is 5.82. The van der Waals surface area contributed by atoms with E-state index in [1.54, 1.807) is 0 Å². The second-order valence-corrected chi connectivity index (χ2v) is 7.81. The highest BCUT2D eigenvalue weighted by Crippen LogP contribution is 2.50. The molecule has 5 rings (SSSR count). The third-order valence-electron chi connectivity index (χ3n) is 6.11. The summed E-state index contributed by atoms with van der Waals surface area (Å²) >= 11 is 0. The minimum absolute atomic E-state index is 0.0538. The standard InChI is InChI=1S/C21H24N4O/c1-2-5-16(6-3-1)11-19-23-20(26-24-19)21-9-4-7-18(21)14-25(15-21)13-17-8-10-22-12-17/h1-3,5-6,8,10,12,18,22H,4,7,9,11,13-15H2/t18-,21-/m1/s1. The lowest BCUT2D eigenvalue weighted by molar-refractivity contribution is 0.244. The van der Waals surface area contributed by atoms with Gasteiger partial charge < -0.3 is 9.51 Å². The predicted molar refractivity (Wildman–Crippen MR) is 98.6 cm³/mol. The first-order chi connectivity index (χ1) is 12.8. The molecule has 1 aromatic carbocycles. The molecule has 3 aromatic rings. The first-order valence-electron chi connectivity index (χ1n) is 9.53. The van der Waals surface area contributed by atoms with Gasteiger partial charge in [0.05, 0.1) is 5.41 Å². The van der Waals surface area contributed by atoms with E-state index in [0.29, 0.717) is 5.92 Å². The normalized spacial score (nSPS) is 25.6. The van der Waals surface area contributed by atoms with Gasteiger partial charge in [0.1, 0.15) is 0 Å². The fraction of sp³-hybridized carbons (Fsp3) is 0.429. The lowest BCUT2D eigenvalue weighted by atomic mass is 9.80. The maximum atomic E-state index is 5.82. The van der Waals surface area contributed by atoms with Crippen LogP contribution in [0.3, 0.4) is 0 Å². The first-order valence-corrected chi connectivity index (χ1v) is 9.53. The third kappa shape index (κ3) is 2.76. The molecule has 1 aliphatic heterocycles. The van der Waals surface area contributed by atoms with Gasteiger partial charge in [-0.1, -0.05) is 41.9 Å². The van der Waals surface area contributed by atoms with E-state index in [9.17, 15) is 0 Å². The zero-order valence-corrected chi connectivity index (χ0v) is 14.9. The van der Waals surface area contributed by atoms with Crippen LogP contribution in [0, 0.1) is 5.92 Å². The fourth-order valence-corrected chi connectivity index (χ4v) is 4.88. The molecule has 26 heavy (non-hydrogen) atoms. The molecule has 0 bridgehead atoms. The van der Waals surface area contributed by atoms with Crippen molar-refractivity contribution in [2.45, 2.75) is 37.6 Å². The van der Waals surface area contributed by atoms with Gasteiger partial charge in [0.15, 0.2) is 5.82 Å². The average molecular weight is 348 g/mol. The Hall–Kier alpha value is -2.40. The minimum Gasteiger partial charge on any atom is -0.367 e. The number of aromatic nitrogens is 3. The largest absolute Gasteiger partial charge is 0.367 e. The Balaban J connectivity index is 1.36. The smallest absolute Gasteiger partial charge is 0.234 e. The first kappa shape index (κ1) is 15.8. The molecule has 0 radical (unpaired) electrons. The number of nitrogens with zero attached hydrogens (tertiary/aromatic N) is 3. The second-order valence-electron chi connectivity index (χ2n) is 7.81. The van der Waals surface area contributed by atoms with E-state index in [1.807, 2.05) is 12.3 Å². The van der Waals surface area contributed by atoms with Crippen molar-refractivity contribution in [2.24, 2.45) is 5.92 Å². The van der Waals surface area contributed by atoms with E-state index in [4.69, 9.17) is 9.51 Å². The summed E-state index contributed by atoms with van der Waals surface area (Å²) in [6, 6.07) is 12.5. The van der Waals surface area contributed by atoms with Crippen LogP contribution >= 0.6 is 0 Å². The number of aromatic amines is 1. The highest BCUT2D eigenvalue weighted by atomic mass is 16.5. The van der Waals surface area contributed by atoms with Crippen molar-refractivity contribution >= 4 is 0 Å². The molecule has 3 heterocycles. The van der Waals surface area contributed by atoms with Crippen LogP contribution in [0.1, 0.15) is 42.1 Å². The van der Waals surface area contributed by atoms with Crippen molar-refractivity contribution in [1.29, 1.82) is 0 Å². The van der Waals surface area contributed by atoms with Crippen LogP contribution < -0.4 is 0 Å². The van der Waals surface area contributed by atoms with Gasteiger partial charge in [-0.25, -0.2) is 0 Å². The lowest BCUT2D eigenvalue weighted by Crippen LogP contribution is -2.32. The lowest BCUT2D eigenvalue weighted by Gasteiger charge is -2.24. The van der Waals surface area contributed by atoms with E-state index in [0.717, 1.165) is 44.2 Å². The van der Waals surface area contributed by atoms with Crippen molar-refractivity contribution in [3.8, 4) is 0 Å². The van der Waals surface area contributed by atoms with Crippen LogP contribution in [0.2, 0.25) is 0 Å². The highest BCUT2D eigenvalue weighted by Gasteiger charge is 2.54. The zero-order chi connectivity index (χ0) is 17.4.